The summed E-state index contributed by atoms with van der Waals surface area (Å²) >= 11 is 1.61. The molecule has 0 atom stereocenters. The number of aryl methyl sites for hydroxylation is 1. The van der Waals surface area contributed by atoms with Crippen molar-refractivity contribution in [2.75, 3.05) is 12.4 Å². The first-order valence-electron chi connectivity index (χ1n) is 8.98. The molecule has 0 N–H and O–H groups in total. The third-order valence-corrected chi connectivity index (χ3v) is 5.03. The molecule has 4 rings (SSSR count). The SMILES string of the molecule is Cc1cccc(OCCSc2nnc(-c3cccnc3)n2Cc2ccco2)c1. The number of rotatable bonds is 8. The van der Waals surface area contributed by atoms with Crippen molar-refractivity contribution in [3.63, 3.8) is 0 Å². The number of aromatic nitrogens is 4. The molecule has 0 amide bonds. The Labute approximate surface area is 167 Å². The summed E-state index contributed by atoms with van der Waals surface area (Å²) in [6, 6.07) is 15.8. The van der Waals surface area contributed by atoms with Gasteiger partial charge in [-0.1, -0.05) is 23.9 Å². The molecule has 0 bridgehead atoms. The quantitative estimate of drug-likeness (QED) is 0.326. The largest absolute Gasteiger partial charge is 0.493 e. The second kappa shape index (κ2) is 8.75. The zero-order chi connectivity index (χ0) is 19.2. The molecule has 7 heteroatoms. The number of furan rings is 1. The predicted molar refractivity (Wildman–Crippen MR) is 108 cm³/mol. The summed E-state index contributed by atoms with van der Waals surface area (Å²) in [5, 5.41) is 9.59. The molecule has 0 saturated carbocycles. The number of pyridine rings is 1. The fourth-order valence-corrected chi connectivity index (χ4v) is 3.56. The summed E-state index contributed by atoms with van der Waals surface area (Å²) in [5.41, 5.74) is 2.11. The summed E-state index contributed by atoms with van der Waals surface area (Å²) in [6.45, 7) is 3.20. The summed E-state index contributed by atoms with van der Waals surface area (Å²) in [4.78, 5) is 4.19. The molecular formula is C21H20N4O2S. The van der Waals surface area contributed by atoms with Crippen molar-refractivity contribution in [3.05, 3.63) is 78.5 Å². The van der Waals surface area contributed by atoms with Gasteiger partial charge in [-0.3, -0.25) is 9.55 Å². The van der Waals surface area contributed by atoms with Gasteiger partial charge in [0.25, 0.3) is 0 Å². The third-order valence-electron chi connectivity index (χ3n) is 4.10. The van der Waals surface area contributed by atoms with E-state index >= 15 is 0 Å². The second-order valence-electron chi connectivity index (χ2n) is 6.23. The van der Waals surface area contributed by atoms with E-state index in [0.717, 1.165) is 33.8 Å². The minimum absolute atomic E-state index is 0.561. The van der Waals surface area contributed by atoms with Crippen LogP contribution in [0.15, 0.2) is 76.8 Å². The van der Waals surface area contributed by atoms with Crippen LogP contribution < -0.4 is 4.74 Å². The zero-order valence-corrected chi connectivity index (χ0v) is 16.3. The lowest BCUT2D eigenvalue weighted by Gasteiger charge is -2.09. The Kier molecular flexibility index (Phi) is 5.72. The zero-order valence-electron chi connectivity index (χ0n) is 15.5. The predicted octanol–water partition coefficient (Wildman–Crippen LogP) is 4.46. The Morgan fingerprint density at radius 1 is 1.11 bits per heavy atom. The van der Waals surface area contributed by atoms with Gasteiger partial charge >= 0.3 is 0 Å². The van der Waals surface area contributed by atoms with Crippen LogP contribution in [0.2, 0.25) is 0 Å². The smallest absolute Gasteiger partial charge is 0.192 e. The maximum absolute atomic E-state index is 5.84. The Hall–Kier alpha value is -3.06. The summed E-state index contributed by atoms with van der Waals surface area (Å²) in [7, 11) is 0. The molecule has 28 heavy (non-hydrogen) atoms. The molecule has 0 radical (unpaired) electrons. The van der Waals surface area contributed by atoms with Gasteiger partial charge in [-0.15, -0.1) is 10.2 Å². The molecule has 0 unspecified atom stereocenters. The molecule has 0 aliphatic carbocycles. The molecule has 0 fully saturated rings. The standard InChI is InChI=1S/C21H20N4O2S/c1-16-5-2-7-18(13-16)27-11-12-28-21-24-23-20(17-6-3-9-22-14-17)25(21)15-19-8-4-10-26-19/h2-10,13-14H,11-12,15H2,1H3. The molecule has 0 spiro atoms. The van der Waals surface area contributed by atoms with E-state index in [1.807, 2.05) is 47.0 Å². The van der Waals surface area contributed by atoms with Gasteiger partial charge < -0.3 is 9.15 Å². The summed E-state index contributed by atoms with van der Waals surface area (Å²) < 4.78 is 13.4. The first kappa shape index (κ1) is 18.3. The van der Waals surface area contributed by atoms with Gasteiger partial charge in [-0.2, -0.15) is 0 Å². The van der Waals surface area contributed by atoms with Crippen molar-refractivity contribution in [2.45, 2.75) is 18.6 Å². The lowest BCUT2D eigenvalue weighted by atomic mass is 10.2. The maximum atomic E-state index is 5.84. The molecule has 1 aromatic carbocycles. The van der Waals surface area contributed by atoms with Crippen molar-refractivity contribution in [1.29, 1.82) is 0 Å². The normalized spacial score (nSPS) is 10.9. The Balaban J connectivity index is 1.47. The molecular weight excluding hydrogens is 372 g/mol. The maximum Gasteiger partial charge on any atom is 0.192 e. The van der Waals surface area contributed by atoms with Crippen LogP contribution >= 0.6 is 11.8 Å². The van der Waals surface area contributed by atoms with Gasteiger partial charge in [0, 0.05) is 23.7 Å². The minimum atomic E-state index is 0.561. The van der Waals surface area contributed by atoms with E-state index in [2.05, 4.69) is 28.2 Å². The molecule has 3 aromatic heterocycles. The molecule has 6 nitrogen and oxygen atoms in total. The molecule has 0 saturated heterocycles. The topological polar surface area (TPSA) is 66.0 Å². The van der Waals surface area contributed by atoms with Crippen molar-refractivity contribution in [1.82, 2.24) is 19.7 Å². The highest BCUT2D eigenvalue weighted by atomic mass is 32.2. The van der Waals surface area contributed by atoms with Crippen LogP contribution in [0.25, 0.3) is 11.4 Å². The number of hydrogen-bond acceptors (Lipinski definition) is 6. The fourth-order valence-electron chi connectivity index (χ4n) is 2.80. The number of thioether (sulfide) groups is 1. The van der Waals surface area contributed by atoms with Crippen LogP contribution in [0.3, 0.4) is 0 Å². The van der Waals surface area contributed by atoms with Crippen LogP contribution in [0.5, 0.6) is 5.75 Å². The first-order valence-corrected chi connectivity index (χ1v) is 9.96. The number of nitrogens with zero attached hydrogens (tertiary/aromatic N) is 4. The van der Waals surface area contributed by atoms with E-state index in [1.165, 1.54) is 5.56 Å². The third kappa shape index (κ3) is 4.43. The van der Waals surface area contributed by atoms with Crippen LogP contribution in [0, 0.1) is 6.92 Å². The van der Waals surface area contributed by atoms with Crippen LogP contribution in [-0.2, 0) is 6.54 Å². The van der Waals surface area contributed by atoms with Crippen molar-refractivity contribution < 1.29 is 9.15 Å². The van der Waals surface area contributed by atoms with E-state index in [0.29, 0.717) is 13.2 Å². The second-order valence-corrected chi connectivity index (χ2v) is 7.29. The van der Waals surface area contributed by atoms with E-state index < -0.39 is 0 Å². The highest BCUT2D eigenvalue weighted by molar-refractivity contribution is 7.99. The lowest BCUT2D eigenvalue weighted by Crippen LogP contribution is -2.06. The van der Waals surface area contributed by atoms with Crippen LogP contribution in [0.1, 0.15) is 11.3 Å². The average Bonchev–Trinajstić information content (AvgIpc) is 3.37. The Morgan fingerprint density at radius 2 is 2.07 bits per heavy atom. The minimum Gasteiger partial charge on any atom is -0.493 e. The van der Waals surface area contributed by atoms with Crippen LogP contribution in [-0.4, -0.2) is 32.1 Å². The number of hydrogen-bond donors (Lipinski definition) is 0. The fraction of sp³-hybridized carbons (Fsp3) is 0.190. The molecule has 142 valence electrons. The van der Waals surface area contributed by atoms with E-state index in [-0.39, 0.29) is 0 Å². The van der Waals surface area contributed by atoms with Gasteiger partial charge in [0.05, 0.1) is 19.4 Å². The van der Waals surface area contributed by atoms with Crippen molar-refractivity contribution in [2.24, 2.45) is 0 Å². The summed E-state index contributed by atoms with van der Waals surface area (Å²) in [6.07, 6.45) is 5.21. The highest BCUT2D eigenvalue weighted by Gasteiger charge is 2.16. The average molecular weight is 392 g/mol. The molecule has 0 aliphatic heterocycles. The van der Waals surface area contributed by atoms with E-state index in [1.54, 1.807) is 30.4 Å². The van der Waals surface area contributed by atoms with E-state index in [9.17, 15) is 0 Å². The Bertz CT molecular complexity index is 1020. The van der Waals surface area contributed by atoms with Gasteiger partial charge in [-0.25, -0.2) is 0 Å². The van der Waals surface area contributed by atoms with Gasteiger partial charge in [0.2, 0.25) is 0 Å². The highest BCUT2D eigenvalue weighted by Crippen LogP contribution is 2.25. The first-order chi connectivity index (χ1) is 13.8. The van der Waals surface area contributed by atoms with Gasteiger partial charge in [0.1, 0.15) is 11.5 Å². The lowest BCUT2D eigenvalue weighted by molar-refractivity contribution is 0.343. The van der Waals surface area contributed by atoms with Crippen molar-refractivity contribution >= 4 is 11.8 Å². The van der Waals surface area contributed by atoms with E-state index in [4.69, 9.17) is 9.15 Å². The molecule has 0 aliphatic rings. The Morgan fingerprint density at radius 3 is 2.86 bits per heavy atom. The monoisotopic (exact) mass is 392 g/mol. The van der Waals surface area contributed by atoms with Gasteiger partial charge in [0.15, 0.2) is 11.0 Å². The number of benzene rings is 1. The van der Waals surface area contributed by atoms with Crippen LogP contribution in [0.4, 0.5) is 0 Å². The number of ether oxygens (including phenoxy) is 1. The molecule has 4 aromatic rings. The summed E-state index contributed by atoms with van der Waals surface area (Å²) in [5.74, 6) is 3.26. The molecule has 3 heterocycles. The van der Waals surface area contributed by atoms with Gasteiger partial charge in [-0.05, 0) is 48.9 Å². The van der Waals surface area contributed by atoms with Crippen molar-refractivity contribution in [3.8, 4) is 17.1 Å².